The van der Waals surface area contributed by atoms with Crippen molar-refractivity contribution in [1.29, 1.82) is 0 Å². The van der Waals surface area contributed by atoms with Gasteiger partial charge in [0.15, 0.2) is 0 Å². The first-order valence-corrected chi connectivity index (χ1v) is 10.1. The van der Waals surface area contributed by atoms with E-state index in [-0.39, 0.29) is 30.2 Å². The summed E-state index contributed by atoms with van der Waals surface area (Å²) in [5.74, 6) is 3.60. The molecule has 0 fully saturated rings. The lowest BCUT2D eigenvalue weighted by molar-refractivity contribution is 0.0696. The van der Waals surface area contributed by atoms with Gasteiger partial charge in [0.25, 0.3) is 0 Å². The van der Waals surface area contributed by atoms with Crippen molar-refractivity contribution in [2.45, 2.75) is 12.3 Å². The van der Waals surface area contributed by atoms with E-state index in [0.29, 0.717) is 6.42 Å². The number of benzene rings is 3. The van der Waals surface area contributed by atoms with E-state index in [4.69, 9.17) is 9.84 Å². The molecule has 0 spiro atoms. The van der Waals surface area contributed by atoms with E-state index in [1.165, 1.54) is 6.07 Å². The van der Waals surface area contributed by atoms with Crippen molar-refractivity contribution in [3.05, 3.63) is 94.8 Å². The molecule has 1 aliphatic rings. The normalized spacial score (nSPS) is 11.7. The van der Waals surface area contributed by atoms with Gasteiger partial charge in [0.05, 0.1) is 5.56 Å². The van der Waals surface area contributed by atoms with Crippen LogP contribution in [0, 0.1) is 17.7 Å². The summed E-state index contributed by atoms with van der Waals surface area (Å²) < 4.78 is 18.7. The Morgan fingerprint density at radius 2 is 1.66 bits per heavy atom. The van der Waals surface area contributed by atoms with Crippen LogP contribution in [0.5, 0.6) is 0 Å². The summed E-state index contributed by atoms with van der Waals surface area (Å²) in [5.41, 5.74) is 4.63. The number of rotatable bonds is 5. The predicted octanol–water partition coefficient (Wildman–Crippen LogP) is 4.80. The van der Waals surface area contributed by atoms with Gasteiger partial charge in [0.2, 0.25) is 0 Å². The average Bonchev–Trinajstić information content (AvgIpc) is 3.12. The van der Waals surface area contributed by atoms with Crippen LogP contribution in [0.2, 0.25) is 0 Å². The van der Waals surface area contributed by atoms with Crippen molar-refractivity contribution < 1.29 is 23.8 Å². The zero-order valence-electron chi connectivity index (χ0n) is 17.1. The van der Waals surface area contributed by atoms with Gasteiger partial charge in [-0.25, -0.2) is 14.0 Å². The second kappa shape index (κ2) is 9.36. The monoisotopic (exact) mass is 429 g/mol. The number of hydrogen-bond donors (Lipinski definition) is 2. The maximum atomic E-state index is 13.2. The molecule has 0 saturated heterocycles. The van der Waals surface area contributed by atoms with Crippen LogP contribution in [0.4, 0.5) is 9.18 Å². The number of ether oxygens (including phenoxy) is 1. The lowest BCUT2D eigenvalue weighted by Gasteiger charge is -2.14. The van der Waals surface area contributed by atoms with Crippen LogP contribution in [0.3, 0.4) is 0 Å². The highest BCUT2D eigenvalue weighted by Gasteiger charge is 2.28. The van der Waals surface area contributed by atoms with Gasteiger partial charge in [-0.05, 0) is 40.5 Å². The summed E-state index contributed by atoms with van der Waals surface area (Å²) in [4.78, 5) is 23.3. The average molecular weight is 429 g/mol. The molecule has 0 heterocycles. The number of aromatic carboxylic acids is 1. The third-order valence-corrected chi connectivity index (χ3v) is 5.30. The molecule has 3 aromatic rings. The molecule has 0 saturated carbocycles. The van der Waals surface area contributed by atoms with Crippen molar-refractivity contribution in [2.75, 3.05) is 13.2 Å². The van der Waals surface area contributed by atoms with Gasteiger partial charge in [-0.1, -0.05) is 60.4 Å². The minimum Gasteiger partial charge on any atom is -0.478 e. The summed E-state index contributed by atoms with van der Waals surface area (Å²) in [5, 5.41) is 11.8. The van der Waals surface area contributed by atoms with Crippen LogP contribution in [0.1, 0.15) is 39.4 Å². The summed E-state index contributed by atoms with van der Waals surface area (Å²) in [6.07, 6.45) is -0.248. The number of nitrogens with one attached hydrogen (secondary N) is 1. The minimum atomic E-state index is -1.24. The molecule has 0 atom stereocenters. The maximum absolute atomic E-state index is 13.2. The van der Waals surface area contributed by atoms with Crippen molar-refractivity contribution >= 4 is 12.1 Å². The molecule has 0 aromatic heterocycles. The maximum Gasteiger partial charge on any atom is 0.407 e. The van der Waals surface area contributed by atoms with Gasteiger partial charge in [0, 0.05) is 24.4 Å². The Labute approximate surface area is 184 Å². The highest BCUT2D eigenvalue weighted by Crippen LogP contribution is 2.44. The Morgan fingerprint density at radius 1 is 1.00 bits per heavy atom. The van der Waals surface area contributed by atoms with Crippen molar-refractivity contribution in [1.82, 2.24) is 5.32 Å². The Hall–Kier alpha value is -4.11. The van der Waals surface area contributed by atoms with Crippen LogP contribution < -0.4 is 5.32 Å². The molecule has 160 valence electrons. The largest absolute Gasteiger partial charge is 0.478 e. The molecule has 1 amide bonds. The number of carboxylic acid groups (broad SMARTS) is 1. The number of halogens is 1. The number of carboxylic acids is 1. The number of fused-ring (bicyclic) bond motifs is 3. The van der Waals surface area contributed by atoms with Crippen LogP contribution in [0.15, 0.2) is 66.7 Å². The Balaban J connectivity index is 1.30. The number of carbonyl (C=O) groups is 2. The molecule has 2 N–H and O–H groups in total. The molecule has 0 radical (unpaired) electrons. The third-order valence-electron chi connectivity index (χ3n) is 5.30. The zero-order chi connectivity index (χ0) is 22.5. The van der Waals surface area contributed by atoms with E-state index in [1.807, 2.05) is 24.3 Å². The molecule has 6 heteroatoms. The fourth-order valence-electron chi connectivity index (χ4n) is 3.84. The van der Waals surface area contributed by atoms with Crippen molar-refractivity contribution in [3.8, 4) is 23.0 Å². The summed E-state index contributed by atoms with van der Waals surface area (Å²) >= 11 is 0. The van der Waals surface area contributed by atoms with E-state index in [9.17, 15) is 14.0 Å². The molecule has 0 unspecified atom stereocenters. The topological polar surface area (TPSA) is 75.6 Å². The van der Waals surface area contributed by atoms with Crippen molar-refractivity contribution in [3.63, 3.8) is 0 Å². The number of amides is 1. The zero-order valence-corrected chi connectivity index (χ0v) is 17.1. The molecule has 32 heavy (non-hydrogen) atoms. The van der Waals surface area contributed by atoms with Crippen LogP contribution in [0.25, 0.3) is 11.1 Å². The predicted molar refractivity (Wildman–Crippen MR) is 118 cm³/mol. The first kappa shape index (κ1) is 21.1. The van der Waals surface area contributed by atoms with Crippen LogP contribution in [-0.4, -0.2) is 30.3 Å². The first-order valence-electron chi connectivity index (χ1n) is 10.1. The lowest BCUT2D eigenvalue weighted by atomic mass is 9.98. The van der Waals surface area contributed by atoms with Crippen LogP contribution >= 0.6 is 0 Å². The Kier molecular flexibility index (Phi) is 6.18. The van der Waals surface area contributed by atoms with E-state index in [2.05, 4.69) is 41.4 Å². The summed E-state index contributed by atoms with van der Waals surface area (Å²) in [6, 6.07) is 19.6. The van der Waals surface area contributed by atoms with Crippen LogP contribution in [-0.2, 0) is 4.74 Å². The highest BCUT2D eigenvalue weighted by atomic mass is 19.1. The van der Waals surface area contributed by atoms with E-state index < -0.39 is 17.9 Å². The van der Waals surface area contributed by atoms with Gasteiger partial charge < -0.3 is 15.2 Å². The first-order chi connectivity index (χ1) is 15.5. The second-order valence-corrected chi connectivity index (χ2v) is 7.30. The lowest BCUT2D eigenvalue weighted by Crippen LogP contribution is -2.26. The quantitative estimate of drug-likeness (QED) is 0.451. The van der Waals surface area contributed by atoms with Crippen molar-refractivity contribution in [2.24, 2.45) is 0 Å². The fourth-order valence-corrected chi connectivity index (χ4v) is 3.84. The molecular weight excluding hydrogens is 409 g/mol. The number of alkyl carbamates (subject to hydrolysis) is 1. The molecule has 1 aliphatic carbocycles. The molecular formula is C26H20FNO4. The molecule has 3 aromatic carbocycles. The van der Waals surface area contributed by atoms with Gasteiger partial charge in [-0.3, -0.25) is 0 Å². The van der Waals surface area contributed by atoms with Gasteiger partial charge >= 0.3 is 12.1 Å². The second-order valence-electron chi connectivity index (χ2n) is 7.30. The molecule has 0 aliphatic heterocycles. The van der Waals surface area contributed by atoms with Gasteiger partial charge in [-0.15, -0.1) is 0 Å². The van der Waals surface area contributed by atoms with E-state index >= 15 is 0 Å². The summed E-state index contributed by atoms with van der Waals surface area (Å²) in [7, 11) is 0. The smallest absolute Gasteiger partial charge is 0.407 e. The number of hydrogen-bond acceptors (Lipinski definition) is 3. The molecule has 0 bridgehead atoms. The highest BCUT2D eigenvalue weighted by molar-refractivity contribution is 5.90. The fraction of sp³-hybridized carbons (Fsp3) is 0.154. The summed E-state index contributed by atoms with van der Waals surface area (Å²) in [6.45, 7) is 0.469. The van der Waals surface area contributed by atoms with Gasteiger partial charge in [-0.2, -0.15) is 0 Å². The van der Waals surface area contributed by atoms with E-state index in [1.54, 1.807) is 0 Å². The SMILES string of the molecule is O=C(NCCC#Cc1ccc(F)cc1C(=O)O)OCC1c2ccccc2-c2ccccc21. The molecule has 4 rings (SSSR count). The Morgan fingerprint density at radius 3 is 2.31 bits per heavy atom. The Bertz CT molecular complexity index is 1200. The standard InChI is InChI=1S/C26H20FNO4/c27-18-13-12-17(23(15-18)25(29)30)7-5-6-14-28-26(31)32-16-24-21-10-3-1-8-19(21)20-9-2-4-11-22(20)24/h1-4,8-13,15,24H,6,14,16H2,(H,28,31)(H,29,30). The minimum absolute atomic E-state index is 0.0131. The third kappa shape index (κ3) is 4.47. The molecule has 5 nitrogen and oxygen atoms in total. The number of carbonyl (C=O) groups excluding carboxylic acids is 1. The van der Waals surface area contributed by atoms with Gasteiger partial charge in [0.1, 0.15) is 12.4 Å². The van der Waals surface area contributed by atoms with E-state index in [0.717, 1.165) is 34.4 Å².